The molecule has 4 fully saturated rings. The third kappa shape index (κ3) is 21.8. The second-order valence-electron chi connectivity index (χ2n) is 30.4. The van der Waals surface area contributed by atoms with Crippen LogP contribution in [0.25, 0.3) is 0 Å². The number of hydrogen-bond acceptors (Lipinski definition) is 20. The first-order valence-electron chi connectivity index (χ1n) is 31.6. The summed E-state index contributed by atoms with van der Waals surface area (Å²) in [5.74, 6) is 4.67. The first-order valence-corrected chi connectivity index (χ1v) is 31.6. The molecule has 0 aliphatic carbocycles. The maximum Gasteiger partial charge on any atom is 0.239 e. The van der Waals surface area contributed by atoms with E-state index in [1.807, 2.05) is 0 Å². The Morgan fingerprint density at radius 3 is 0.951 bits per heavy atom. The fraction of sp³-hybridized carbons (Fsp3) is 0.903. The Morgan fingerprint density at radius 1 is 0.378 bits per heavy atom. The van der Waals surface area contributed by atoms with Gasteiger partial charge in [0.05, 0.1) is 0 Å². The Kier molecular flexibility index (Phi) is 23.4. The first-order chi connectivity index (χ1) is 38.2. The van der Waals surface area contributed by atoms with E-state index >= 15 is 0 Å². The predicted octanol–water partition coefficient (Wildman–Crippen LogP) is 10.8. The highest BCUT2D eigenvalue weighted by Crippen LogP contribution is 2.39. The van der Waals surface area contributed by atoms with Gasteiger partial charge in [0.2, 0.25) is 48.5 Å². The van der Waals surface area contributed by atoms with Crippen molar-refractivity contribution in [3.8, 4) is 0 Å². The summed E-state index contributed by atoms with van der Waals surface area (Å²) in [5, 5.41) is 29.3. The standard InChI is InChI=1S/C62H118N16O4/c1-55(2)35-43(36-56(3,4)73-55)29-23-25-31-63-47-65-49(71-53(79-17)80-18)69-51(67-47)77(45-39-59(9,10)75-60(11,12)40-45)33-27-21-22-28-34-78(46-41-61(13,14)76-62(15,16)42-46)52-68-48(66-50(70-52)72-54(81-19)82-20)64-32-26-24-30-44-37-57(5,6)74-58(7,8)38-44/h43-46,53-54,73-76H,21-42H2,1-20H3,(H2,63,65,67,69,71)(H2,64,66,68,70,72). The zero-order chi connectivity index (χ0) is 60.4. The van der Waals surface area contributed by atoms with Crippen molar-refractivity contribution in [2.75, 3.05) is 85.7 Å². The third-order valence-electron chi connectivity index (χ3n) is 17.1. The summed E-state index contributed by atoms with van der Waals surface area (Å²) in [6, 6.07) is 0.380. The molecule has 0 aromatic carbocycles. The van der Waals surface area contributed by atoms with E-state index in [1.165, 1.54) is 38.5 Å². The van der Waals surface area contributed by atoms with Crippen molar-refractivity contribution in [3.63, 3.8) is 0 Å². The molecule has 20 nitrogen and oxygen atoms in total. The highest BCUT2D eigenvalue weighted by Gasteiger charge is 2.43. The Bertz CT molecular complexity index is 2050. The van der Waals surface area contributed by atoms with Gasteiger partial charge in [0.25, 0.3) is 0 Å². The maximum absolute atomic E-state index is 5.59. The number of ether oxygens (including phenoxy) is 4. The van der Waals surface area contributed by atoms with Gasteiger partial charge in [-0.25, -0.2) is 0 Å². The average molecular weight is 1150 g/mol. The molecule has 2 aromatic heterocycles. The molecule has 0 amide bonds. The van der Waals surface area contributed by atoms with Crippen molar-refractivity contribution in [1.82, 2.24) is 51.2 Å². The molecule has 4 aliphatic rings. The van der Waals surface area contributed by atoms with Crippen LogP contribution in [0.1, 0.15) is 226 Å². The molecule has 2 aromatic rings. The van der Waals surface area contributed by atoms with Gasteiger partial charge in [0.15, 0.2) is 0 Å². The number of methoxy groups -OCH3 is 4. The third-order valence-corrected chi connectivity index (χ3v) is 17.1. The maximum atomic E-state index is 5.59. The first kappa shape index (κ1) is 67.6. The number of aromatic nitrogens is 6. The normalized spacial score (nSPS) is 22.3. The van der Waals surface area contributed by atoms with Crippen molar-refractivity contribution < 1.29 is 18.9 Å². The van der Waals surface area contributed by atoms with E-state index in [0.717, 1.165) is 103 Å². The van der Waals surface area contributed by atoms with Gasteiger partial charge < -0.3 is 71.3 Å². The van der Waals surface area contributed by atoms with Gasteiger partial charge in [0, 0.05) is 111 Å². The number of hydrogen-bond donors (Lipinski definition) is 8. The summed E-state index contributed by atoms with van der Waals surface area (Å²) in [7, 11) is 6.44. The lowest BCUT2D eigenvalue weighted by Crippen LogP contribution is -2.62. The fourth-order valence-electron chi connectivity index (χ4n) is 15.7. The molecule has 0 saturated carbocycles. The van der Waals surface area contributed by atoms with Crippen LogP contribution in [0.4, 0.5) is 35.7 Å². The van der Waals surface area contributed by atoms with Crippen molar-refractivity contribution in [1.29, 1.82) is 0 Å². The van der Waals surface area contributed by atoms with Gasteiger partial charge in [-0.3, -0.25) is 0 Å². The van der Waals surface area contributed by atoms with E-state index in [1.54, 1.807) is 28.4 Å². The summed E-state index contributed by atoms with van der Waals surface area (Å²) in [4.78, 5) is 35.4. The van der Waals surface area contributed by atoms with E-state index in [-0.39, 0.29) is 56.4 Å². The molecule has 82 heavy (non-hydrogen) atoms. The molecule has 470 valence electrons. The van der Waals surface area contributed by atoms with Crippen molar-refractivity contribution in [2.45, 2.75) is 296 Å². The van der Waals surface area contributed by atoms with Crippen LogP contribution in [0.3, 0.4) is 0 Å². The zero-order valence-corrected chi connectivity index (χ0v) is 55.2. The van der Waals surface area contributed by atoms with Crippen LogP contribution in [0.5, 0.6) is 0 Å². The van der Waals surface area contributed by atoms with Gasteiger partial charge in [-0.05, 0) is 200 Å². The Labute approximate surface area is 497 Å². The second kappa shape index (κ2) is 28.3. The van der Waals surface area contributed by atoms with E-state index in [2.05, 4.69) is 163 Å². The second-order valence-corrected chi connectivity index (χ2v) is 30.4. The number of nitrogens with one attached hydrogen (secondary N) is 8. The fourth-order valence-corrected chi connectivity index (χ4v) is 15.7. The molecule has 20 heteroatoms. The molecule has 4 aliphatic heterocycles. The van der Waals surface area contributed by atoms with Crippen LogP contribution >= 0.6 is 0 Å². The van der Waals surface area contributed by atoms with Crippen LogP contribution in [0, 0.1) is 11.8 Å². The minimum Gasteiger partial charge on any atom is -0.354 e. The molecule has 6 heterocycles. The van der Waals surface area contributed by atoms with E-state index in [0.29, 0.717) is 47.5 Å². The molecule has 6 rings (SSSR count). The number of unbranched alkanes of at least 4 members (excludes halogenated alkanes) is 5. The summed E-state index contributed by atoms with van der Waals surface area (Å²) < 4.78 is 22.4. The summed E-state index contributed by atoms with van der Waals surface area (Å²) in [5.41, 5.74) is 0.232. The summed E-state index contributed by atoms with van der Waals surface area (Å²) >= 11 is 0. The molecule has 8 N–H and O–H groups in total. The van der Waals surface area contributed by atoms with Gasteiger partial charge in [-0.2, -0.15) is 29.9 Å². The SMILES string of the molecule is COC(Nc1nc(NCCCCC2CC(C)(C)NC(C)(C)C2)nc(N(CCCCCCN(c2nc(NCCCCC3CC(C)(C)NC(C)(C)C3)nc(NC(OC)OC)n2)C2CC(C)(C)NC(C)(C)C2)C2CC(C)(C)NC(C)(C)C2)n1)OC. The summed E-state index contributed by atoms with van der Waals surface area (Å²) in [6.07, 6.45) is 17.9. The van der Waals surface area contributed by atoms with Crippen molar-refractivity contribution in [2.24, 2.45) is 11.8 Å². The zero-order valence-electron chi connectivity index (χ0n) is 55.2. The van der Waals surface area contributed by atoms with Gasteiger partial charge in [-0.1, -0.05) is 38.5 Å². The quantitative estimate of drug-likeness (QED) is 0.0260. The van der Waals surface area contributed by atoms with E-state index in [4.69, 9.17) is 48.9 Å². The monoisotopic (exact) mass is 1150 g/mol. The van der Waals surface area contributed by atoms with E-state index in [9.17, 15) is 0 Å². The Hall–Kier alpha value is -3.50. The molecule has 0 atom stereocenters. The lowest BCUT2D eigenvalue weighted by molar-refractivity contribution is -0.0814. The lowest BCUT2D eigenvalue weighted by Gasteiger charge is -2.50. The van der Waals surface area contributed by atoms with Gasteiger partial charge in [-0.15, -0.1) is 0 Å². The highest BCUT2D eigenvalue weighted by atomic mass is 16.7. The van der Waals surface area contributed by atoms with Crippen molar-refractivity contribution >= 4 is 35.7 Å². The number of anilines is 6. The largest absolute Gasteiger partial charge is 0.354 e. The smallest absolute Gasteiger partial charge is 0.239 e. The lowest BCUT2D eigenvalue weighted by atomic mass is 9.74. The van der Waals surface area contributed by atoms with Crippen LogP contribution in [-0.4, -0.2) is 154 Å². The molecule has 0 unspecified atom stereocenters. The predicted molar refractivity (Wildman–Crippen MR) is 337 cm³/mol. The molecular formula is C62H118N16O4. The Morgan fingerprint density at radius 2 is 0.659 bits per heavy atom. The molecule has 0 spiro atoms. The van der Waals surface area contributed by atoms with Gasteiger partial charge in [0.1, 0.15) is 0 Å². The molecule has 4 saturated heterocycles. The molecular weight excluding hydrogens is 1030 g/mol. The number of nitrogens with zero attached hydrogens (tertiary/aromatic N) is 8. The minimum absolute atomic E-state index is 0.0904. The Balaban J connectivity index is 1.18. The van der Waals surface area contributed by atoms with Crippen LogP contribution < -0.4 is 52.3 Å². The van der Waals surface area contributed by atoms with Crippen LogP contribution in [0.15, 0.2) is 0 Å². The van der Waals surface area contributed by atoms with Crippen LogP contribution in [0.2, 0.25) is 0 Å². The van der Waals surface area contributed by atoms with E-state index < -0.39 is 12.8 Å². The molecule has 0 radical (unpaired) electrons. The van der Waals surface area contributed by atoms with Crippen molar-refractivity contribution in [3.05, 3.63) is 0 Å². The number of piperidine rings is 4. The summed E-state index contributed by atoms with van der Waals surface area (Å²) in [6.45, 7) is 40.4. The number of rotatable bonds is 31. The minimum atomic E-state index is -0.718. The average Bonchev–Trinajstić information content (AvgIpc) is 3.53. The van der Waals surface area contributed by atoms with Crippen LogP contribution in [-0.2, 0) is 18.9 Å². The highest BCUT2D eigenvalue weighted by molar-refractivity contribution is 5.46. The molecule has 0 bridgehead atoms. The topological polar surface area (TPSA) is 217 Å². The van der Waals surface area contributed by atoms with Gasteiger partial charge >= 0.3 is 0 Å².